The fraction of sp³-hybridized carbons (Fsp3) is 0.333. The van der Waals surface area contributed by atoms with Crippen LogP contribution in [0.15, 0.2) is 48.5 Å². The van der Waals surface area contributed by atoms with E-state index in [0.717, 1.165) is 16.9 Å². The summed E-state index contributed by atoms with van der Waals surface area (Å²) in [4.78, 5) is 27.4. The predicted molar refractivity (Wildman–Crippen MR) is 96.7 cm³/mol. The molecule has 0 spiro atoms. The quantitative estimate of drug-likeness (QED) is 0.800. The van der Waals surface area contributed by atoms with Crippen LogP contribution in [-0.4, -0.2) is 30.7 Å². The first kappa shape index (κ1) is 17.2. The van der Waals surface area contributed by atoms with E-state index in [1.807, 2.05) is 62.4 Å². The van der Waals surface area contributed by atoms with E-state index in [9.17, 15) is 9.59 Å². The van der Waals surface area contributed by atoms with Crippen LogP contribution in [0.4, 0.5) is 0 Å². The number of Topliss-reactive ketones (excluding diaryl/α,β-unsaturated/α-hetero) is 1. The second-order valence-electron chi connectivity index (χ2n) is 6.71. The van der Waals surface area contributed by atoms with Crippen molar-refractivity contribution >= 4 is 11.7 Å². The van der Waals surface area contributed by atoms with E-state index in [-0.39, 0.29) is 23.7 Å². The Morgan fingerprint density at radius 2 is 1.64 bits per heavy atom. The van der Waals surface area contributed by atoms with Gasteiger partial charge in [-0.05, 0) is 24.6 Å². The Morgan fingerprint density at radius 3 is 2.20 bits per heavy atom. The van der Waals surface area contributed by atoms with Crippen molar-refractivity contribution in [3.8, 4) is 5.75 Å². The molecule has 3 rings (SSSR count). The molecular weight excluding hydrogens is 314 g/mol. The number of ketones is 1. The molecular formula is C21H23NO3. The zero-order valence-electron chi connectivity index (χ0n) is 15.0. The third-order valence-corrected chi connectivity index (χ3v) is 5.13. The summed E-state index contributed by atoms with van der Waals surface area (Å²) in [5.74, 6) is 0.0435. The van der Waals surface area contributed by atoms with Gasteiger partial charge in [-0.2, -0.15) is 0 Å². The molecule has 1 aliphatic rings. The first-order valence-corrected chi connectivity index (χ1v) is 8.45. The number of rotatable bonds is 4. The molecule has 0 N–H and O–H groups in total. The number of carbonyl (C=O) groups is 2. The van der Waals surface area contributed by atoms with Crippen molar-refractivity contribution in [1.82, 2.24) is 4.90 Å². The number of methoxy groups -OCH3 is 1. The smallest absolute Gasteiger partial charge is 0.226 e. The van der Waals surface area contributed by atoms with Crippen LogP contribution in [0, 0.1) is 18.8 Å². The van der Waals surface area contributed by atoms with Crippen molar-refractivity contribution in [1.29, 1.82) is 0 Å². The standard InChI is InChI=1S/C21H23NO3/c1-13-5-7-16(8-6-13)20(23)18-14(2)21(24)22(3)19(18)15-9-11-17(25-4)12-10-15/h5-12,14,18-19H,1-4H3. The third kappa shape index (κ3) is 3.04. The largest absolute Gasteiger partial charge is 0.497 e. The molecule has 0 radical (unpaired) electrons. The summed E-state index contributed by atoms with van der Waals surface area (Å²) in [5, 5.41) is 0. The fourth-order valence-electron chi connectivity index (χ4n) is 3.64. The molecule has 1 fully saturated rings. The summed E-state index contributed by atoms with van der Waals surface area (Å²) in [6.45, 7) is 3.84. The van der Waals surface area contributed by atoms with E-state index >= 15 is 0 Å². The Hall–Kier alpha value is -2.62. The molecule has 3 atom stereocenters. The van der Waals surface area contributed by atoms with Crippen molar-refractivity contribution in [3.63, 3.8) is 0 Å². The van der Waals surface area contributed by atoms with E-state index in [0.29, 0.717) is 5.56 Å². The molecule has 0 bridgehead atoms. The Bertz CT molecular complexity index is 780. The highest BCUT2D eigenvalue weighted by Gasteiger charge is 2.48. The van der Waals surface area contributed by atoms with Gasteiger partial charge in [-0.3, -0.25) is 9.59 Å². The number of nitrogens with zero attached hydrogens (tertiary/aromatic N) is 1. The average Bonchev–Trinajstić information content (AvgIpc) is 2.86. The molecule has 1 aliphatic heterocycles. The highest BCUT2D eigenvalue weighted by molar-refractivity contribution is 6.02. The van der Waals surface area contributed by atoms with Gasteiger partial charge in [-0.1, -0.05) is 48.9 Å². The molecule has 3 unspecified atom stereocenters. The second kappa shape index (κ2) is 6.71. The van der Waals surface area contributed by atoms with Crippen molar-refractivity contribution in [3.05, 3.63) is 65.2 Å². The monoisotopic (exact) mass is 337 g/mol. The van der Waals surface area contributed by atoms with Crippen LogP contribution in [0.5, 0.6) is 5.75 Å². The van der Waals surface area contributed by atoms with Gasteiger partial charge < -0.3 is 9.64 Å². The van der Waals surface area contributed by atoms with Crippen molar-refractivity contribution in [2.45, 2.75) is 19.9 Å². The van der Waals surface area contributed by atoms with Crippen molar-refractivity contribution in [2.75, 3.05) is 14.2 Å². The van der Waals surface area contributed by atoms with Crippen molar-refractivity contribution in [2.24, 2.45) is 11.8 Å². The van der Waals surface area contributed by atoms with Crippen LogP contribution in [-0.2, 0) is 4.79 Å². The van der Waals surface area contributed by atoms with Crippen molar-refractivity contribution < 1.29 is 14.3 Å². The first-order chi connectivity index (χ1) is 11.9. The number of aryl methyl sites for hydroxylation is 1. The number of ether oxygens (including phenoxy) is 1. The molecule has 4 nitrogen and oxygen atoms in total. The van der Waals surface area contributed by atoms with Gasteiger partial charge in [0.05, 0.1) is 19.1 Å². The van der Waals surface area contributed by atoms with Gasteiger partial charge in [0.15, 0.2) is 5.78 Å². The van der Waals surface area contributed by atoms with Crippen LogP contribution >= 0.6 is 0 Å². The van der Waals surface area contributed by atoms with Gasteiger partial charge in [0.25, 0.3) is 0 Å². The molecule has 0 aromatic heterocycles. The number of likely N-dealkylation sites (tertiary alicyclic amines) is 1. The summed E-state index contributed by atoms with van der Waals surface area (Å²) in [6, 6.07) is 14.9. The van der Waals surface area contributed by atoms with E-state index < -0.39 is 5.92 Å². The van der Waals surface area contributed by atoms with Crippen LogP contribution < -0.4 is 4.74 Å². The lowest BCUT2D eigenvalue weighted by molar-refractivity contribution is -0.130. The molecule has 1 saturated heterocycles. The molecule has 0 aliphatic carbocycles. The van der Waals surface area contributed by atoms with Gasteiger partial charge in [-0.25, -0.2) is 0 Å². The summed E-state index contributed by atoms with van der Waals surface area (Å²) >= 11 is 0. The van der Waals surface area contributed by atoms with Crippen LogP contribution in [0.2, 0.25) is 0 Å². The van der Waals surface area contributed by atoms with E-state index in [1.54, 1.807) is 19.1 Å². The SMILES string of the molecule is COc1ccc(C2C(C(=O)c3ccc(C)cc3)C(C)C(=O)N2C)cc1. The Balaban J connectivity index is 1.99. The van der Waals surface area contributed by atoms with Gasteiger partial charge in [0, 0.05) is 18.5 Å². The van der Waals surface area contributed by atoms with Gasteiger partial charge in [-0.15, -0.1) is 0 Å². The van der Waals surface area contributed by atoms with Gasteiger partial charge in [0.2, 0.25) is 5.91 Å². The lowest BCUT2D eigenvalue weighted by Crippen LogP contribution is -2.27. The average molecular weight is 337 g/mol. The molecule has 2 aromatic carbocycles. The minimum Gasteiger partial charge on any atom is -0.497 e. The van der Waals surface area contributed by atoms with E-state index in [1.165, 1.54) is 0 Å². The number of benzene rings is 2. The Kier molecular flexibility index (Phi) is 4.62. The molecule has 4 heteroatoms. The Labute approximate surface area is 148 Å². The minimum atomic E-state index is -0.395. The lowest BCUT2D eigenvalue weighted by Gasteiger charge is -2.25. The van der Waals surface area contributed by atoms with Crippen LogP contribution in [0.25, 0.3) is 0 Å². The normalized spacial score (nSPS) is 23.0. The Morgan fingerprint density at radius 1 is 1.04 bits per heavy atom. The summed E-state index contributed by atoms with van der Waals surface area (Å²) in [6.07, 6.45) is 0. The zero-order valence-corrected chi connectivity index (χ0v) is 15.0. The maximum absolute atomic E-state index is 13.2. The minimum absolute atomic E-state index is 0.00581. The first-order valence-electron chi connectivity index (χ1n) is 8.45. The molecule has 25 heavy (non-hydrogen) atoms. The van der Waals surface area contributed by atoms with E-state index in [2.05, 4.69) is 0 Å². The number of amides is 1. The maximum atomic E-state index is 13.2. The molecule has 2 aromatic rings. The van der Waals surface area contributed by atoms with Gasteiger partial charge >= 0.3 is 0 Å². The number of hydrogen-bond donors (Lipinski definition) is 0. The van der Waals surface area contributed by atoms with Gasteiger partial charge in [0.1, 0.15) is 5.75 Å². The fourth-order valence-corrected chi connectivity index (χ4v) is 3.64. The summed E-state index contributed by atoms with van der Waals surface area (Å²) in [7, 11) is 3.39. The number of hydrogen-bond acceptors (Lipinski definition) is 3. The summed E-state index contributed by atoms with van der Waals surface area (Å²) in [5.41, 5.74) is 2.71. The number of carbonyl (C=O) groups excluding carboxylic acids is 2. The topological polar surface area (TPSA) is 46.6 Å². The highest BCUT2D eigenvalue weighted by atomic mass is 16.5. The van der Waals surface area contributed by atoms with E-state index in [4.69, 9.17) is 4.74 Å². The maximum Gasteiger partial charge on any atom is 0.226 e. The molecule has 130 valence electrons. The predicted octanol–water partition coefficient (Wildman–Crippen LogP) is 3.65. The zero-order chi connectivity index (χ0) is 18.1. The molecule has 0 saturated carbocycles. The molecule has 1 amide bonds. The second-order valence-corrected chi connectivity index (χ2v) is 6.71. The summed E-state index contributed by atoms with van der Waals surface area (Å²) < 4.78 is 5.21. The lowest BCUT2D eigenvalue weighted by atomic mass is 9.82. The molecule has 1 heterocycles. The van der Waals surface area contributed by atoms with Crippen LogP contribution in [0.1, 0.15) is 34.5 Å². The highest BCUT2D eigenvalue weighted by Crippen LogP contribution is 2.42. The third-order valence-electron chi connectivity index (χ3n) is 5.13. The van der Waals surface area contributed by atoms with Crippen LogP contribution in [0.3, 0.4) is 0 Å².